The first-order chi connectivity index (χ1) is 4.81. The highest BCUT2D eigenvalue weighted by atomic mass is 16.3. The summed E-state index contributed by atoms with van der Waals surface area (Å²) in [6, 6.07) is 0. The monoisotopic (exact) mass is 143 g/mol. The van der Waals surface area contributed by atoms with Crippen LogP contribution in [0.4, 0.5) is 0 Å². The molecule has 1 saturated carbocycles. The van der Waals surface area contributed by atoms with E-state index in [0.717, 1.165) is 5.92 Å². The van der Waals surface area contributed by atoms with E-state index in [2.05, 4.69) is 6.92 Å². The number of aliphatic hydroxyl groups excluding tert-OH is 1. The molecular formula is C8H15O2. The predicted octanol–water partition coefficient (Wildman–Crippen LogP) is 2.20. The molecule has 0 spiro atoms. The van der Waals surface area contributed by atoms with E-state index in [9.17, 15) is 0 Å². The molecule has 0 amide bonds. The molecule has 1 aliphatic rings. The third kappa shape index (κ3) is 5.60. The van der Waals surface area contributed by atoms with Gasteiger partial charge in [-0.3, -0.25) is 0 Å². The molecule has 0 atom stereocenters. The lowest BCUT2D eigenvalue weighted by molar-refractivity contribution is 0.385. The maximum atomic E-state index is 8.24. The fourth-order valence-corrected chi connectivity index (χ4v) is 1.31. The molecule has 0 heterocycles. The van der Waals surface area contributed by atoms with Crippen LogP contribution in [0.5, 0.6) is 0 Å². The van der Waals surface area contributed by atoms with Crippen molar-refractivity contribution in [1.82, 2.24) is 0 Å². The molecule has 2 heteroatoms. The summed E-state index contributed by atoms with van der Waals surface area (Å²) in [7, 11) is 0. The molecular weight excluding hydrogens is 128 g/mol. The zero-order valence-corrected chi connectivity index (χ0v) is 6.47. The van der Waals surface area contributed by atoms with Gasteiger partial charge in [-0.25, -0.2) is 4.79 Å². The van der Waals surface area contributed by atoms with Gasteiger partial charge in [0.15, 0.2) is 0 Å². The maximum Gasteiger partial charge on any atom is 0.414 e. The quantitative estimate of drug-likeness (QED) is 0.564. The SMILES string of the molecule is CC1CCCCC1.O=[C]O. The van der Waals surface area contributed by atoms with Crippen molar-refractivity contribution in [3.63, 3.8) is 0 Å². The lowest BCUT2D eigenvalue weighted by Gasteiger charge is -2.15. The Morgan fingerprint density at radius 2 is 1.70 bits per heavy atom. The van der Waals surface area contributed by atoms with E-state index in [1.54, 1.807) is 0 Å². The van der Waals surface area contributed by atoms with Crippen LogP contribution >= 0.6 is 0 Å². The lowest BCUT2D eigenvalue weighted by atomic mass is 9.91. The maximum absolute atomic E-state index is 8.24. The van der Waals surface area contributed by atoms with Crippen molar-refractivity contribution in [2.45, 2.75) is 39.0 Å². The zero-order chi connectivity index (χ0) is 7.82. The second-order valence-electron chi connectivity index (χ2n) is 2.83. The van der Waals surface area contributed by atoms with Gasteiger partial charge in [0.1, 0.15) is 0 Å². The highest BCUT2D eigenvalue weighted by Crippen LogP contribution is 2.21. The van der Waals surface area contributed by atoms with Crippen molar-refractivity contribution >= 4 is 6.47 Å². The van der Waals surface area contributed by atoms with Crippen molar-refractivity contribution in [2.24, 2.45) is 5.92 Å². The van der Waals surface area contributed by atoms with Gasteiger partial charge in [-0.2, -0.15) is 0 Å². The van der Waals surface area contributed by atoms with Crippen LogP contribution < -0.4 is 0 Å². The Balaban J connectivity index is 0.000000236. The average Bonchev–Trinajstić information content (AvgIpc) is 1.91. The molecule has 0 aromatic carbocycles. The van der Waals surface area contributed by atoms with Crippen LogP contribution in [0, 0.1) is 5.92 Å². The highest BCUT2D eigenvalue weighted by molar-refractivity contribution is 5.34. The molecule has 0 aromatic heterocycles. The molecule has 0 saturated heterocycles. The van der Waals surface area contributed by atoms with Crippen LogP contribution in [0.2, 0.25) is 0 Å². The van der Waals surface area contributed by atoms with Gasteiger partial charge in [0.05, 0.1) is 0 Å². The molecule has 1 N–H and O–H groups in total. The molecule has 0 aromatic rings. The van der Waals surface area contributed by atoms with Gasteiger partial charge in [0, 0.05) is 0 Å². The summed E-state index contributed by atoms with van der Waals surface area (Å²) in [4.78, 5) is 8.24. The van der Waals surface area contributed by atoms with Crippen LogP contribution in [0.15, 0.2) is 0 Å². The standard InChI is InChI=1S/C7H14.CHO2/c1-7-5-3-2-4-6-7;2-1-3/h7H,2-6H2,1H3;(H,2,3). The highest BCUT2D eigenvalue weighted by Gasteiger charge is 2.05. The summed E-state index contributed by atoms with van der Waals surface area (Å²) < 4.78 is 0. The van der Waals surface area contributed by atoms with E-state index in [1.807, 2.05) is 0 Å². The van der Waals surface area contributed by atoms with Crippen molar-refractivity contribution in [3.8, 4) is 0 Å². The summed E-state index contributed by atoms with van der Waals surface area (Å²) in [6.07, 6.45) is 7.44. The molecule has 0 aliphatic heterocycles. The second-order valence-corrected chi connectivity index (χ2v) is 2.83. The van der Waals surface area contributed by atoms with E-state index in [1.165, 1.54) is 32.1 Å². The third-order valence-corrected chi connectivity index (χ3v) is 1.89. The van der Waals surface area contributed by atoms with Gasteiger partial charge in [0.2, 0.25) is 0 Å². The Morgan fingerprint density at radius 1 is 1.30 bits per heavy atom. The summed E-state index contributed by atoms with van der Waals surface area (Å²) in [5, 5.41) is 6.76. The van der Waals surface area contributed by atoms with Crippen molar-refractivity contribution in [1.29, 1.82) is 0 Å². The number of hydrogen-bond acceptors (Lipinski definition) is 1. The molecule has 59 valence electrons. The Morgan fingerprint density at radius 3 is 1.90 bits per heavy atom. The smallest absolute Gasteiger partial charge is 0.414 e. The molecule has 2 nitrogen and oxygen atoms in total. The Hall–Kier alpha value is -0.530. The van der Waals surface area contributed by atoms with Gasteiger partial charge < -0.3 is 5.11 Å². The Kier molecular flexibility index (Phi) is 6.24. The van der Waals surface area contributed by atoms with Crippen LogP contribution in [-0.2, 0) is 4.79 Å². The third-order valence-electron chi connectivity index (χ3n) is 1.89. The lowest BCUT2D eigenvalue weighted by Crippen LogP contribution is -1.99. The van der Waals surface area contributed by atoms with Gasteiger partial charge >= 0.3 is 6.47 Å². The number of rotatable bonds is 0. The van der Waals surface area contributed by atoms with Crippen molar-refractivity contribution in [3.05, 3.63) is 0 Å². The Labute approximate surface area is 62.2 Å². The Bertz CT molecular complexity index is 75.3. The van der Waals surface area contributed by atoms with Gasteiger partial charge in [0.25, 0.3) is 0 Å². The molecule has 1 radical (unpaired) electrons. The fourth-order valence-electron chi connectivity index (χ4n) is 1.31. The summed E-state index contributed by atoms with van der Waals surface area (Å²) >= 11 is 0. The molecule has 0 bridgehead atoms. The van der Waals surface area contributed by atoms with Crippen molar-refractivity contribution < 1.29 is 9.90 Å². The first kappa shape index (κ1) is 9.47. The van der Waals surface area contributed by atoms with Gasteiger partial charge in [-0.15, -0.1) is 0 Å². The summed E-state index contributed by atoms with van der Waals surface area (Å²) in [5.74, 6) is 1.04. The molecule has 1 aliphatic carbocycles. The summed E-state index contributed by atoms with van der Waals surface area (Å²) in [6.45, 7) is 2.86. The van der Waals surface area contributed by atoms with E-state index < -0.39 is 0 Å². The first-order valence-electron chi connectivity index (χ1n) is 3.82. The minimum absolute atomic E-state index is 0.500. The molecule has 1 rings (SSSR count). The van der Waals surface area contributed by atoms with Crippen LogP contribution in [0.3, 0.4) is 0 Å². The summed E-state index contributed by atoms with van der Waals surface area (Å²) in [5.41, 5.74) is 0. The topological polar surface area (TPSA) is 37.3 Å². The zero-order valence-electron chi connectivity index (χ0n) is 6.47. The van der Waals surface area contributed by atoms with E-state index >= 15 is 0 Å². The molecule has 0 unspecified atom stereocenters. The van der Waals surface area contributed by atoms with Crippen LogP contribution in [0.1, 0.15) is 39.0 Å². The minimum atomic E-state index is 0.500. The van der Waals surface area contributed by atoms with Gasteiger partial charge in [-0.1, -0.05) is 39.0 Å². The fraction of sp³-hybridized carbons (Fsp3) is 0.875. The van der Waals surface area contributed by atoms with Crippen LogP contribution in [-0.4, -0.2) is 11.6 Å². The predicted molar refractivity (Wildman–Crippen MR) is 40.6 cm³/mol. The molecule has 1 fully saturated rings. The second kappa shape index (κ2) is 6.59. The van der Waals surface area contributed by atoms with E-state index in [0.29, 0.717) is 6.47 Å². The minimum Gasteiger partial charge on any atom is -0.473 e. The average molecular weight is 143 g/mol. The number of hydrogen-bond donors (Lipinski definition) is 1. The van der Waals surface area contributed by atoms with E-state index in [4.69, 9.17) is 9.90 Å². The first-order valence-corrected chi connectivity index (χ1v) is 3.82. The van der Waals surface area contributed by atoms with Gasteiger partial charge in [-0.05, 0) is 5.92 Å². The van der Waals surface area contributed by atoms with E-state index in [-0.39, 0.29) is 0 Å². The van der Waals surface area contributed by atoms with Crippen LogP contribution in [0.25, 0.3) is 0 Å². The normalized spacial score (nSPS) is 18.9. The molecule has 10 heavy (non-hydrogen) atoms. The largest absolute Gasteiger partial charge is 0.473 e. The van der Waals surface area contributed by atoms with Crippen molar-refractivity contribution in [2.75, 3.05) is 0 Å².